The number of carbonyl (C=O) groups excluding carboxylic acids is 1. The molecule has 1 aromatic rings. The molecule has 0 saturated carbocycles. The summed E-state index contributed by atoms with van der Waals surface area (Å²) in [7, 11) is 0. The van der Waals surface area contributed by atoms with Crippen LogP contribution in [0.2, 0.25) is 0 Å². The molecule has 7 heteroatoms. The van der Waals surface area contributed by atoms with Crippen LogP contribution in [0.5, 0.6) is 0 Å². The van der Waals surface area contributed by atoms with Crippen LogP contribution in [0, 0.1) is 0 Å². The normalized spacial score (nSPS) is 22.0. The van der Waals surface area contributed by atoms with E-state index in [2.05, 4.69) is 10.6 Å². The minimum absolute atomic E-state index is 0.186. The summed E-state index contributed by atoms with van der Waals surface area (Å²) >= 11 is 0. The van der Waals surface area contributed by atoms with Gasteiger partial charge in [-0.15, -0.1) is 0 Å². The summed E-state index contributed by atoms with van der Waals surface area (Å²) in [5, 5.41) is 5.70. The standard InChI is InChI=1S/C16H21F3N2O2/c1-15(2,3)23-14(22)21-13-9-20-8-11(13)10-6-4-5-7-12(10)16(17,18)19/h4-7,11,13,20H,8-9H2,1-3H3,(H,21,22)/t11-,13+/m0/s1. The van der Waals surface area contributed by atoms with E-state index in [4.69, 9.17) is 4.74 Å². The Morgan fingerprint density at radius 1 is 1.22 bits per heavy atom. The smallest absolute Gasteiger partial charge is 0.416 e. The van der Waals surface area contributed by atoms with Crippen molar-refractivity contribution in [3.63, 3.8) is 0 Å². The van der Waals surface area contributed by atoms with Gasteiger partial charge in [-0.1, -0.05) is 18.2 Å². The zero-order valence-electron chi connectivity index (χ0n) is 13.3. The molecule has 1 aromatic carbocycles. The van der Waals surface area contributed by atoms with Gasteiger partial charge in [0.1, 0.15) is 5.60 Å². The Kier molecular flexibility index (Phi) is 4.89. The molecule has 0 bridgehead atoms. The first-order chi connectivity index (χ1) is 10.6. The molecule has 1 aliphatic heterocycles. The molecular weight excluding hydrogens is 309 g/mol. The van der Waals surface area contributed by atoms with E-state index in [0.717, 1.165) is 6.07 Å². The molecule has 2 atom stereocenters. The van der Waals surface area contributed by atoms with E-state index in [1.54, 1.807) is 26.8 Å². The topological polar surface area (TPSA) is 50.4 Å². The lowest BCUT2D eigenvalue weighted by Gasteiger charge is -2.25. The van der Waals surface area contributed by atoms with Crippen molar-refractivity contribution in [3.05, 3.63) is 35.4 Å². The molecule has 1 amide bonds. The lowest BCUT2D eigenvalue weighted by atomic mass is 9.90. The van der Waals surface area contributed by atoms with E-state index < -0.39 is 35.4 Å². The van der Waals surface area contributed by atoms with E-state index in [1.165, 1.54) is 12.1 Å². The van der Waals surface area contributed by atoms with Crippen molar-refractivity contribution >= 4 is 6.09 Å². The molecule has 2 rings (SSSR count). The van der Waals surface area contributed by atoms with Gasteiger partial charge < -0.3 is 15.4 Å². The van der Waals surface area contributed by atoms with Crippen molar-refractivity contribution in [2.75, 3.05) is 13.1 Å². The average Bonchev–Trinajstić information content (AvgIpc) is 2.83. The fraction of sp³-hybridized carbons (Fsp3) is 0.562. The highest BCUT2D eigenvalue weighted by atomic mass is 19.4. The van der Waals surface area contributed by atoms with Gasteiger partial charge in [0.15, 0.2) is 0 Å². The van der Waals surface area contributed by atoms with Crippen molar-refractivity contribution in [2.24, 2.45) is 0 Å². The Hall–Kier alpha value is -1.76. The molecule has 2 N–H and O–H groups in total. The van der Waals surface area contributed by atoms with Crippen molar-refractivity contribution in [3.8, 4) is 0 Å². The van der Waals surface area contributed by atoms with Crippen LogP contribution in [-0.2, 0) is 10.9 Å². The summed E-state index contributed by atoms with van der Waals surface area (Å²) in [6.45, 7) is 5.96. The third-order valence-electron chi connectivity index (χ3n) is 3.58. The van der Waals surface area contributed by atoms with Crippen LogP contribution < -0.4 is 10.6 Å². The fourth-order valence-corrected chi connectivity index (χ4v) is 2.69. The maximum absolute atomic E-state index is 13.2. The second kappa shape index (κ2) is 6.39. The number of hydrogen-bond donors (Lipinski definition) is 2. The fourth-order valence-electron chi connectivity index (χ4n) is 2.69. The lowest BCUT2D eigenvalue weighted by Crippen LogP contribution is -2.42. The second-order valence-electron chi connectivity index (χ2n) is 6.60. The van der Waals surface area contributed by atoms with E-state index >= 15 is 0 Å². The van der Waals surface area contributed by atoms with E-state index in [1.807, 2.05) is 0 Å². The molecular formula is C16H21F3N2O2. The Balaban J connectivity index is 2.18. The van der Waals surface area contributed by atoms with Crippen LogP contribution in [0.15, 0.2) is 24.3 Å². The number of benzene rings is 1. The van der Waals surface area contributed by atoms with Gasteiger partial charge in [-0.2, -0.15) is 13.2 Å². The highest BCUT2D eigenvalue weighted by Gasteiger charge is 2.39. The summed E-state index contributed by atoms with van der Waals surface area (Å²) in [5.74, 6) is -0.458. The molecule has 1 saturated heterocycles. The second-order valence-corrected chi connectivity index (χ2v) is 6.60. The van der Waals surface area contributed by atoms with Crippen molar-refractivity contribution in [1.82, 2.24) is 10.6 Å². The average molecular weight is 330 g/mol. The zero-order valence-corrected chi connectivity index (χ0v) is 13.3. The Bertz CT molecular complexity index is 567. The van der Waals surface area contributed by atoms with Crippen LogP contribution in [0.1, 0.15) is 37.8 Å². The van der Waals surface area contributed by atoms with Gasteiger partial charge in [0, 0.05) is 19.0 Å². The van der Waals surface area contributed by atoms with E-state index in [-0.39, 0.29) is 5.56 Å². The summed E-state index contributed by atoms with van der Waals surface area (Å²) in [5.41, 5.74) is -1.13. The van der Waals surface area contributed by atoms with Gasteiger partial charge in [0.2, 0.25) is 0 Å². The number of alkyl halides is 3. The first-order valence-corrected chi connectivity index (χ1v) is 7.44. The monoisotopic (exact) mass is 330 g/mol. The molecule has 1 heterocycles. The molecule has 0 radical (unpaired) electrons. The number of hydrogen-bond acceptors (Lipinski definition) is 3. The maximum Gasteiger partial charge on any atom is 0.416 e. The molecule has 0 aromatic heterocycles. The lowest BCUT2D eigenvalue weighted by molar-refractivity contribution is -0.138. The van der Waals surface area contributed by atoms with Crippen molar-refractivity contribution in [2.45, 2.75) is 44.5 Å². The Morgan fingerprint density at radius 3 is 2.48 bits per heavy atom. The van der Waals surface area contributed by atoms with Gasteiger partial charge in [-0.05, 0) is 32.4 Å². The predicted octanol–water partition coefficient (Wildman–Crippen LogP) is 3.29. The van der Waals surface area contributed by atoms with Crippen molar-refractivity contribution in [1.29, 1.82) is 0 Å². The molecule has 128 valence electrons. The van der Waals surface area contributed by atoms with Crippen molar-refractivity contribution < 1.29 is 22.7 Å². The molecule has 4 nitrogen and oxygen atoms in total. The SMILES string of the molecule is CC(C)(C)OC(=O)N[C@@H]1CNC[C@H]1c1ccccc1C(F)(F)F. The Labute approximate surface area is 133 Å². The molecule has 1 fully saturated rings. The number of alkyl carbamates (subject to hydrolysis) is 1. The number of rotatable bonds is 2. The van der Waals surface area contributed by atoms with E-state index in [0.29, 0.717) is 13.1 Å². The maximum atomic E-state index is 13.2. The van der Waals surface area contributed by atoms with Gasteiger partial charge in [0.05, 0.1) is 11.6 Å². The van der Waals surface area contributed by atoms with Gasteiger partial charge >= 0.3 is 12.3 Å². The van der Waals surface area contributed by atoms with Gasteiger partial charge in [-0.25, -0.2) is 4.79 Å². The van der Waals surface area contributed by atoms with Crippen LogP contribution in [0.25, 0.3) is 0 Å². The molecule has 1 aliphatic rings. The van der Waals surface area contributed by atoms with Crippen LogP contribution >= 0.6 is 0 Å². The van der Waals surface area contributed by atoms with Crippen LogP contribution in [0.4, 0.5) is 18.0 Å². The first-order valence-electron chi connectivity index (χ1n) is 7.44. The minimum atomic E-state index is -4.42. The molecule has 0 aliphatic carbocycles. The minimum Gasteiger partial charge on any atom is -0.444 e. The summed E-state index contributed by atoms with van der Waals surface area (Å²) < 4.78 is 44.7. The van der Waals surface area contributed by atoms with Gasteiger partial charge in [-0.3, -0.25) is 0 Å². The third-order valence-corrected chi connectivity index (χ3v) is 3.58. The highest BCUT2D eigenvalue weighted by Crippen LogP contribution is 2.37. The summed E-state index contributed by atoms with van der Waals surface area (Å²) in [4.78, 5) is 11.9. The number of amides is 1. The Morgan fingerprint density at radius 2 is 1.87 bits per heavy atom. The third kappa shape index (κ3) is 4.60. The van der Waals surface area contributed by atoms with E-state index in [9.17, 15) is 18.0 Å². The number of nitrogens with one attached hydrogen (secondary N) is 2. The quantitative estimate of drug-likeness (QED) is 0.875. The zero-order chi connectivity index (χ0) is 17.3. The largest absolute Gasteiger partial charge is 0.444 e. The number of ether oxygens (including phenoxy) is 1. The summed E-state index contributed by atoms with van der Waals surface area (Å²) in [6.07, 6.45) is -5.05. The summed E-state index contributed by atoms with van der Waals surface area (Å²) in [6, 6.07) is 5.02. The molecule has 0 unspecified atom stereocenters. The van der Waals surface area contributed by atoms with Crippen LogP contribution in [0.3, 0.4) is 0 Å². The first kappa shape index (κ1) is 17.6. The molecule has 23 heavy (non-hydrogen) atoms. The van der Waals surface area contributed by atoms with Gasteiger partial charge in [0.25, 0.3) is 0 Å². The highest BCUT2D eigenvalue weighted by molar-refractivity contribution is 5.68. The number of halogens is 3. The van der Waals surface area contributed by atoms with Crippen LogP contribution in [-0.4, -0.2) is 30.8 Å². The predicted molar refractivity (Wildman–Crippen MR) is 80.2 cm³/mol. The number of carbonyl (C=O) groups is 1. The molecule has 0 spiro atoms.